The summed E-state index contributed by atoms with van der Waals surface area (Å²) in [6, 6.07) is 8.04. The topological polar surface area (TPSA) is 81.2 Å². The van der Waals surface area contributed by atoms with Crippen molar-refractivity contribution in [3.8, 4) is 0 Å². The van der Waals surface area contributed by atoms with Gasteiger partial charge in [0.2, 0.25) is 0 Å². The number of carbonyl (C=O) groups excluding carboxylic acids is 1. The Balaban J connectivity index is 0.00000169. The average Bonchev–Trinajstić information content (AvgIpc) is 2.55. The third-order valence-electron chi connectivity index (χ3n) is 4.21. The molecule has 0 saturated heterocycles. The summed E-state index contributed by atoms with van der Waals surface area (Å²) in [4.78, 5) is 25.2. The summed E-state index contributed by atoms with van der Waals surface area (Å²) in [5.74, 6) is 1.63. The molecule has 3 rings (SSSR count). The van der Waals surface area contributed by atoms with Crippen LogP contribution in [0.4, 0.5) is 0 Å². The molecule has 26 heavy (non-hydrogen) atoms. The molecule has 1 atom stereocenters. The van der Waals surface area contributed by atoms with Gasteiger partial charge < -0.3 is 5.73 Å². The molecule has 140 valence electrons. The molecule has 2 heterocycles. The van der Waals surface area contributed by atoms with Gasteiger partial charge in [-0.15, -0.1) is 12.4 Å². The van der Waals surface area contributed by atoms with Crippen LogP contribution in [0.2, 0.25) is 0 Å². The molecule has 5 nitrogen and oxygen atoms in total. The third-order valence-corrected chi connectivity index (χ3v) is 5.01. The van der Waals surface area contributed by atoms with Gasteiger partial charge in [0.1, 0.15) is 5.82 Å². The summed E-state index contributed by atoms with van der Waals surface area (Å²) in [6.07, 6.45) is 4.42. The Hall–Kier alpha value is -1.92. The van der Waals surface area contributed by atoms with E-state index < -0.39 is 0 Å². The summed E-state index contributed by atoms with van der Waals surface area (Å²) in [5.41, 5.74) is 8.18. The lowest BCUT2D eigenvalue weighted by Gasteiger charge is -2.30. The van der Waals surface area contributed by atoms with Gasteiger partial charge in [-0.1, -0.05) is 43.5 Å². The minimum absolute atomic E-state index is 0. The molecule has 2 aromatic rings. The maximum absolute atomic E-state index is 12.4. The summed E-state index contributed by atoms with van der Waals surface area (Å²) in [6.45, 7) is 3.89. The molecule has 0 aliphatic carbocycles. The molecule has 1 aromatic carbocycles. The van der Waals surface area contributed by atoms with E-state index in [2.05, 4.69) is 34.0 Å². The van der Waals surface area contributed by atoms with Crippen molar-refractivity contribution >= 4 is 35.1 Å². The SMILES string of the molecule is C.Cc1ncc(C(=O)Cc2cccc([C@]3(C)CCSC(N)=N3)c2)cn1.Cl. The van der Waals surface area contributed by atoms with Crippen LogP contribution in [0.3, 0.4) is 0 Å². The standard InChI is InChI=1S/C18H20N4OS.CH4.ClH/c1-12-20-10-14(11-21-12)16(23)9-13-4-3-5-15(8-13)18(2)6-7-24-17(19)22-18;;/h3-5,8,10-11H,6-7,9H2,1-2H3,(H2,19,22);1H4;1H/t18-;;/m0../s1. The number of hydrogen-bond donors (Lipinski definition) is 1. The molecule has 0 unspecified atom stereocenters. The second-order valence-corrected chi connectivity index (χ2v) is 7.26. The largest absolute Gasteiger partial charge is 0.379 e. The Morgan fingerprint density at radius 2 is 2.00 bits per heavy atom. The van der Waals surface area contributed by atoms with Crippen LogP contribution in [0, 0.1) is 6.92 Å². The first-order valence-electron chi connectivity index (χ1n) is 7.86. The maximum Gasteiger partial charge on any atom is 0.170 e. The van der Waals surface area contributed by atoms with Crippen molar-refractivity contribution in [2.45, 2.75) is 39.7 Å². The number of hydrogen-bond acceptors (Lipinski definition) is 6. The van der Waals surface area contributed by atoms with Crippen molar-refractivity contribution in [1.82, 2.24) is 9.97 Å². The van der Waals surface area contributed by atoms with Gasteiger partial charge in [0.05, 0.1) is 11.1 Å². The minimum Gasteiger partial charge on any atom is -0.379 e. The van der Waals surface area contributed by atoms with E-state index >= 15 is 0 Å². The van der Waals surface area contributed by atoms with E-state index in [-0.39, 0.29) is 31.2 Å². The van der Waals surface area contributed by atoms with Gasteiger partial charge >= 0.3 is 0 Å². The lowest BCUT2D eigenvalue weighted by atomic mass is 9.88. The zero-order chi connectivity index (χ0) is 17.2. The third kappa shape index (κ3) is 5.05. The Kier molecular flexibility index (Phi) is 7.78. The van der Waals surface area contributed by atoms with Crippen molar-refractivity contribution < 1.29 is 4.79 Å². The molecule has 0 bridgehead atoms. The van der Waals surface area contributed by atoms with Crippen LogP contribution in [-0.2, 0) is 12.0 Å². The highest BCUT2D eigenvalue weighted by Crippen LogP contribution is 2.35. The number of halogens is 1. The molecule has 1 aromatic heterocycles. The molecule has 0 amide bonds. The summed E-state index contributed by atoms with van der Waals surface area (Å²) in [5, 5.41) is 0.627. The number of thioether (sulfide) groups is 1. The minimum atomic E-state index is -0.318. The van der Waals surface area contributed by atoms with Gasteiger partial charge in [0, 0.05) is 24.6 Å². The van der Waals surface area contributed by atoms with Crippen LogP contribution in [0.5, 0.6) is 0 Å². The van der Waals surface area contributed by atoms with Crippen LogP contribution >= 0.6 is 24.2 Å². The monoisotopic (exact) mass is 392 g/mol. The Morgan fingerprint density at radius 1 is 1.31 bits per heavy atom. The first kappa shape index (κ1) is 22.1. The number of Topliss-reactive ketones (excluding diaryl/α,β-unsaturated/α-hetero) is 1. The lowest BCUT2D eigenvalue weighted by Crippen LogP contribution is -2.28. The highest BCUT2D eigenvalue weighted by atomic mass is 35.5. The van der Waals surface area contributed by atoms with Crippen molar-refractivity contribution in [3.63, 3.8) is 0 Å². The van der Waals surface area contributed by atoms with Crippen molar-refractivity contribution in [3.05, 3.63) is 59.2 Å². The highest BCUT2D eigenvalue weighted by Gasteiger charge is 2.29. The van der Waals surface area contributed by atoms with Gasteiger partial charge in [0.25, 0.3) is 0 Å². The van der Waals surface area contributed by atoms with E-state index in [4.69, 9.17) is 5.73 Å². The Bertz CT molecular complexity index is 794. The first-order valence-corrected chi connectivity index (χ1v) is 8.84. The molecular formula is C19H25ClN4OS. The molecular weight excluding hydrogens is 368 g/mol. The number of rotatable bonds is 4. The number of carbonyl (C=O) groups is 1. The molecule has 0 saturated carbocycles. The predicted octanol–water partition coefficient (Wildman–Crippen LogP) is 3.94. The van der Waals surface area contributed by atoms with Crippen molar-refractivity contribution in [1.29, 1.82) is 0 Å². The van der Waals surface area contributed by atoms with Gasteiger partial charge in [-0.25, -0.2) is 9.97 Å². The quantitative estimate of drug-likeness (QED) is 0.797. The van der Waals surface area contributed by atoms with E-state index in [1.807, 2.05) is 12.1 Å². The zero-order valence-corrected chi connectivity index (χ0v) is 15.9. The van der Waals surface area contributed by atoms with E-state index in [9.17, 15) is 4.79 Å². The van der Waals surface area contributed by atoms with Crippen LogP contribution < -0.4 is 5.73 Å². The molecule has 1 aliphatic rings. The second kappa shape index (κ2) is 9.14. The summed E-state index contributed by atoms with van der Waals surface area (Å²) in [7, 11) is 0. The molecule has 0 fully saturated rings. The van der Waals surface area contributed by atoms with E-state index in [1.165, 1.54) is 0 Å². The molecule has 0 spiro atoms. The van der Waals surface area contributed by atoms with E-state index in [0.717, 1.165) is 23.3 Å². The summed E-state index contributed by atoms with van der Waals surface area (Å²) < 4.78 is 0. The number of aromatic nitrogens is 2. The van der Waals surface area contributed by atoms with Crippen molar-refractivity contribution in [2.24, 2.45) is 10.7 Å². The normalized spacial score (nSPS) is 18.9. The van der Waals surface area contributed by atoms with Gasteiger partial charge in [-0.05, 0) is 31.4 Å². The Labute approximate surface area is 165 Å². The number of amidine groups is 1. The zero-order valence-electron chi connectivity index (χ0n) is 14.2. The fourth-order valence-corrected chi connectivity index (χ4v) is 3.71. The van der Waals surface area contributed by atoms with Gasteiger partial charge in [-0.3, -0.25) is 9.79 Å². The van der Waals surface area contributed by atoms with Crippen LogP contribution in [0.25, 0.3) is 0 Å². The predicted molar refractivity (Wildman–Crippen MR) is 111 cm³/mol. The molecule has 2 N–H and O–H groups in total. The number of aliphatic imine (C=N–C) groups is 1. The molecule has 7 heteroatoms. The fraction of sp³-hybridized carbons (Fsp3) is 0.368. The van der Waals surface area contributed by atoms with E-state index in [0.29, 0.717) is 23.0 Å². The number of nitrogens with two attached hydrogens (primary N) is 1. The van der Waals surface area contributed by atoms with E-state index in [1.54, 1.807) is 31.1 Å². The number of ketones is 1. The van der Waals surface area contributed by atoms with Gasteiger partial charge in [0.15, 0.2) is 11.0 Å². The molecule has 1 aliphatic heterocycles. The van der Waals surface area contributed by atoms with Gasteiger partial charge in [-0.2, -0.15) is 0 Å². The highest BCUT2D eigenvalue weighted by molar-refractivity contribution is 8.13. The smallest absolute Gasteiger partial charge is 0.170 e. The van der Waals surface area contributed by atoms with Crippen LogP contribution in [0.1, 0.15) is 48.1 Å². The van der Waals surface area contributed by atoms with Crippen molar-refractivity contribution in [2.75, 3.05) is 5.75 Å². The number of nitrogens with zero attached hydrogens (tertiary/aromatic N) is 3. The lowest BCUT2D eigenvalue weighted by molar-refractivity contribution is 0.0992. The maximum atomic E-state index is 12.4. The van der Waals surface area contributed by atoms with Crippen LogP contribution in [0.15, 0.2) is 41.7 Å². The molecule has 0 radical (unpaired) electrons. The second-order valence-electron chi connectivity index (χ2n) is 6.14. The fourth-order valence-electron chi connectivity index (χ4n) is 2.73. The number of aryl methyl sites for hydroxylation is 1. The number of benzene rings is 1. The Morgan fingerprint density at radius 3 is 2.65 bits per heavy atom. The average molecular weight is 393 g/mol. The first-order chi connectivity index (χ1) is 11.5. The summed E-state index contributed by atoms with van der Waals surface area (Å²) >= 11 is 1.59. The van der Waals surface area contributed by atoms with Crippen LogP contribution in [-0.4, -0.2) is 26.7 Å².